The average Bonchev–Trinajstić information content (AvgIpc) is 2.73. The van der Waals surface area contributed by atoms with E-state index in [1.165, 1.54) is 24.6 Å². The van der Waals surface area contributed by atoms with Gasteiger partial charge in [-0.25, -0.2) is 14.8 Å². The Morgan fingerprint density at radius 2 is 2.07 bits per heavy atom. The highest BCUT2D eigenvalue weighted by Gasteiger charge is 2.18. The largest absolute Gasteiger partial charge is 0.462 e. The van der Waals surface area contributed by atoms with Crippen molar-refractivity contribution in [2.45, 2.75) is 31.7 Å². The number of carbonyl (C=O) groups excluding carboxylic acids is 2. The van der Waals surface area contributed by atoms with E-state index in [-0.39, 0.29) is 17.6 Å². The number of benzene rings is 1. The van der Waals surface area contributed by atoms with Gasteiger partial charge in [-0.1, -0.05) is 18.7 Å². The molecular formula is C21H26N4O3S. The van der Waals surface area contributed by atoms with Crippen molar-refractivity contribution in [3.8, 4) is 0 Å². The molecule has 1 aliphatic rings. The first-order chi connectivity index (χ1) is 14.0. The van der Waals surface area contributed by atoms with Gasteiger partial charge in [0, 0.05) is 24.8 Å². The monoisotopic (exact) mass is 414 g/mol. The molecule has 7 nitrogen and oxygen atoms in total. The van der Waals surface area contributed by atoms with Gasteiger partial charge in [0.05, 0.1) is 17.9 Å². The molecule has 29 heavy (non-hydrogen) atoms. The van der Waals surface area contributed by atoms with Crippen molar-refractivity contribution >= 4 is 35.1 Å². The molecule has 0 spiro atoms. The van der Waals surface area contributed by atoms with E-state index in [9.17, 15) is 9.59 Å². The lowest BCUT2D eigenvalue weighted by Crippen LogP contribution is -2.34. The van der Waals surface area contributed by atoms with Crippen molar-refractivity contribution in [3.05, 3.63) is 42.2 Å². The van der Waals surface area contributed by atoms with Gasteiger partial charge in [0.1, 0.15) is 17.2 Å². The topological polar surface area (TPSA) is 84.4 Å². The lowest BCUT2D eigenvalue weighted by atomic mass is 10.0. The van der Waals surface area contributed by atoms with Crippen LogP contribution in [-0.2, 0) is 9.53 Å². The van der Waals surface area contributed by atoms with Crippen LogP contribution in [0.5, 0.6) is 0 Å². The normalized spacial score (nSPS) is 16.3. The number of hydrogen-bond acceptors (Lipinski definition) is 7. The molecule has 0 radical (unpaired) electrons. The number of ether oxygens (including phenoxy) is 1. The fraction of sp³-hybridized carbons (Fsp3) is 0.429. The molecule has 1 aromatic carbocycles. The van der Waals surface area contributed by atoms with Gasteiger partial charge in [-0.15, -0.1) is 0 Å². The molecule has 0 aliphatic carbocycles. The van der Waals surface area contributed by atoms with Crippen molar-refractivity contribution in [3.63, 3.8) is 0 Å². The number of piperidine rings is 1. The summed E-state index contributed by atoms with van der Waals surface area (Å²) < 4.78 is 4.95. The summed E-state index contributed by atoms with van der Waals surface area (Å²) in [5.41, 5.74) is 1.09. The zero-order valence-corrected chi connectivity index (χ0v) is 17.6. The second kappa shape index (κ2) is 10.2. The number of nitrogens with zero attached hydrogens (tertiary/aromatic N) is 3. The molecule has 1 saturated heterocycles. The van der Waals surface area contributed by atoms with Gasteiger partial charge in [-0.05, 0) is 49.9 Å². The molecule has 1 fully saturated rings. The summed E-state index contributed by atoms with van der Waals surface area (Å²) in [6, 6.07) is 8.60. The number of esters is 1. The Bertz CT molecular complexity index is 844. The summed E-state index contributed by atoms with van der Waals surface area (Å²) in [5, 5.41) is 3.61. The third-order valence-corrected chi connectivity index (χ3v) is 5.57. The minimum Gasteiger partial charge on any atom is -0.462 e. The number of amides is 1. The van der Waals surface area contributed by atoms with Crippen LogP contribution >= 0.6 is 11.8 Å². The summed E-state index contributed by atoms with van der Waals surface area (Å²) in [4.78, 5) is 34.9. The van der Waals surface area contributed by atoms with Crippen LogP contribution in [0.4, 0.5) is 11.5 Å². The Balaban J connectivity index is 1.51. The number of anilines is 2. The van der Waals surface area contributed by atoms with Crippen LogP contribution in [0.3, 0.4) is 0 Å². The Hall–Kier alpha value is -2.61. The smallest absolute Gasteiger partial charge is 0.338 e. The fourth-order valence-electron chi connectivity index (χ4n) is 3.22. The van der Waals surface area contributed by atoms with Crippen molar-refractivity contribution in [1.82, 2.24) is 9.97 Å². The van der Waals surface area contributed by atoms with E-state index in [0.29, 0.717) is 23.8 Å². The van der Waals surface area contributed by atoms with Crippen molar-refractivity contribution < 1.29 is 14.3 Å². The van der Waals surface area contributed by atoms with Gasteiger partial charge < -0.3 is 15.0 Å². The molecule has 1 aliphatic heterocycles. The molecule has 2 aromatic rings. The molecule has 1 amide bonds. The van der Waals surface area contributed by atoms with Crippen molar-refractivity contribution in [2.24, 2.45) is 5.92 Å². The highest BCUT2D eigenvalue weighted by molar-refractivity contribution is 7.99. The van der Waals surface area contributed by atoms with E-state index in [1.807, 2.05) is 6.07 Å². The number of carbonyl (C=O) groups is 2. The van der Waals surface area contributed by atoms with Gasteiger partial charge in [-0.3, -0.25) is 4.79 Å². The van der Waals surface area contributed by atoms with Crippen LogP contribution < -0.4 is 10.2 Å². The van der Waals surface area contributed by atoms with Crippen LogP contribution in [0.25, 0.3) is 0 Å². The van der Waals surface area contributed by atoms with Crippen LogP contribution in [0, 0.1) is 5.92 Å². The van der Waals surface area contributed by atoms with E-state index >= 15 is 0 Å². The minimum absolute atomic E-state index is 0.134. The lowest BCUT2D eigenvalue weighted by molar-refractivity contribution is -0.113. The third kappa shape index (κ3) is 6.19. The van der Waals surface area contributed by atoms with Gasteiger partial charge in [0.2, 0.25) is 5.91 Å². The number of aromatic nitrogens is 2. The van der Waals surface area contributed by atoms with Gasteiger partial charge in [0.15, 0.2) is 0 Å². The minimum atomic E-state index is -0.372. The lowest BCUT2D eigenvalue weighted by Gasteiger charge is -2.31. The van der Waals surface area contributed by atoms with Gasteiger partial charge in [-0.2, -0.15) is 0 Å². The molecule has 1 N–H and O–H groups in total. The third-order valence-electron chi connectivity index (χ3n) is 4.64. The number of thioether (sulfide) groups is 1. The van der Waals surface area contributed by atoms with E-state index in [0.717, 1.165) is 23.9 Å². The zero-order chi connectivity index (χ0) is 20.6. The number of nitrogens with one attached hydrogen (secondary N) is 1. The fourth-order valence-corrected chi connectivity index (χ4v) is 3.88. The van der Waals surface area contributed by atoms with E-state index in [4.69, 9.17) is 4.74 Å². The molecule has 1 atom stereocenters. The Kier molecular flexibility index (Phi) is 7.46. The molecule has 0 saturated carbocycles. The second-order valence-electron chi connectivity index (χ2n) is 7.04. The van der Waals surface area contributed by atoms with Gasteiger partial charge in [0.25, 0.3) is 0 Å². The van der Waals surface area contributed by atoms with E-state index < -0.39 is 0 Å². The molecule has 2 heterocycles. The number of hydrogen-bond donors (Lipinski definition) is 1. The van der Waals surface area contributed by atoms with E-state index in [2.05, 4.69) is 27.1 Å². The summed E-state index contributed by atoms with van der Waals surface area (Å²) in [6.45, 7) is 6.36. The highest BCUT2D eigenvalue weighted by atomic mass is 32.2. The van der Waals surface area contributed by atoms with Crippen LogP contribution in [-0.4, -0.2) is 47.3 Å². The summed E-state index contributed by atoms with van der Waals surface area (Å²) in [6.07, 6.45) is 3.98. The molecule has 154 valence electrons. The first kappa shape index (κ1) is 21.1. The molecule has 3 rings (SSSR count). The highest BCUT2D eigenvalue weighted by Crippen LogP contribution is 2.24. The Labute approximate surface area is 175 Å². The predicted molar refractivity (Wildman–Crippen MR) is 114 cm³/mol. The Morgan fingerprint density at radius 1 is 1.28 bits per heavy atom. The van der Waals surface area contributed by atoms with Crippen molar-refractivity contribution in [1.29, 1.82) is 0 Å². The molecule has 1 unspecified atom stereocenters. The summed E-state index contributed by atoms with van der Waals surface area (Å²) >= 11 is 1.38. The predicted octanol–water partition coefficient (Wildman–Crippen LogP) is 3.62. The standard InChI is InChI=1S/C21H26N4O3S/c1-3-28-21(27)16-6-8-17(9-7-16)24-19(26)13-29-20-11-18(22-14-23-20)25-10-4-5-15(2)12-25/h6-9,11,14-15H,3-5,10,12-13H2,1-2H3,(H,24,26). The maximum absolute atomic E-state index is 12.3. The first-order valence-corrected chi connectivity index (χ1v) is 10.8. The van der Waals surface area contributed by atoms with Gasteiger partial charge >= 0.3 is 5.97 Å². The molecular weight excluding hydrogens is 388 g/mol. The quantitative estimate of drug-likeness (QED) is 0.421. The molecule has 0 bridgehead atoms. The SMILES string of the molecule is CCOC(=O)c1ccc(NC(=O)CSc2cc(N3CCCC(C)C3)ncn2)cc1. The molecule has 8 heteroatoms. The summed E-state index contributed by atoms with van der Waals surface area (Å²) in [7, 11) is 0. The number of rotatable bonds is 7. The second-order valence-corrected chi connectivity index (χ2v) is 8.04. The van der Waals surface area contributed by atoms with Crippen LogP contribution in [0.15, 0.2) is 41.7 Å². The van der Waals surface area contributed by atoms with Crippen LogP contribution in [0.2, 0.25) is 0 Å². The first-order valence-electron chi connectivity index (χ1n) is 9.82. The maximum atomic E-state index is 12.3. The van der Waals surface area contributed by atoms with Crippen molar-refractivity contribution in [2.75, 3.05) is 35.7 Å². The zero-order valence-electron chi connectivity index (χ0n) is 16.8. The van der Waals surface area contributed by atoms with Crippen LogP contribution in [0.1, 0.15) is 37.0 Å². The summed E-state index contributed by atoms with van der Waals surface area (Å²) in [5.74, 6) is 1.32. The average molecular weight is 415 g/mol. The Morgan fingerprint density at radius 3 is 2.79 bits per heavy atom. The van der Waals surface area contributed by atoms with E-state index in [1.54, 1.807) is 37.5 Å². The molecule has 1 aromatic heterocycles. The maximum Gasteiger partial charge on any atom is 0.338 e.